The first-order valence-electron chi connectivity index (χ1n) is 4.53. The monoisotopic (exact) mass is 258 g/mol. The Bertz CT molecular complexity index is 541. The van der Waals surface area contributed by atoms with Gasteiger partial charge in [0.25, 0.3) is 0 Å². The highest BCUT2D eigenvalue weighted by Crippen LogP contribution is 2.17. The summed E-state index contributed by atoms with van der Waals surface area (Å²) in [5, 5.41) is 0. The van der Waals surface area contributed by atoms with Crippen LogP contribution in [0.15, 0.2) is 23.3 Å². The molecule has 0 aliphatic heterocycles. The number of ether oxygens (including phenoxy) is 2. The molecule has 17 heavy (non-hydrogen) atoms. The first-order chi connectivity index (χ1) is 7.99. The number of rotatable bonds is 2. The normalized spacial score (nSPS) is 14.6. The van der Waals surface area contributed by atoms with Crippen molar-refractivity contribution < 1.29 is 27.5 Å². The van der Waals surface area contributed by atoms with Gasteiger partial charge >= 0.3 is 11.9 Å². The third kappa shape index (κ3) is 3.04. The maximum atomic E-state index is 11.3. The minimum atomic E-state index is -2.50. The van der Waals surface area contributed by atoms with Crippen LogP contribution in [0.2, 0.25) is 0 Å². The van der Waals surface area contributed by atoms with Crippen LogP contribution in [0, 0.1) is 0 Å². The molecule has 0 N–H and O–H groups in total. The summed E-state index contributed by atoms with van der Waals surface area (Å²) >= 11 is 0. The SMILES string of the molecule is COC(=O)C1=CC(=S(=O)=O)CC(C(=O)OC)=C1. The van der Waals surface area contributed by atoms with E-state index in [1.54, 1.807) is 0 Å². The molecule has 1 aliphatic rings. The molecule has 0 bridgehead atoms. The van der Waals surface area contributed by atoms with Crippen molar-refractivity contribution in [2.24, 2.45) is 0 Å². The number of carbonyl (C=O) groups excluding carboxylic acids is 2. The van der Waals surface area contributed by atoms with Crippen LogP contribution in [-0.2, 0) is 29.4 Å². The molecule has 7 heteroatoms. The molecule has 0 aromatic carbocycles. The van der Waals surface area contributed by atoms with E-state index in [1.165, 1.54) is 19.3 Å². The molecule has 0 unspecified atom stereocenters. The quantitative estimate of drug-likeness (QED) is 0.496. The fourth-order valence-electron chi connectivity index (χ4n) is 1.30. The maximum Gasteiger partial charge on any atom is 0.337 e. The summed E-state index contributed by atoms with van der Waals surface area (Å²) < 4.78 is 30.6. The molecule has 6 nitrogen and oxygen atoms in total. The molecule has 0 saturated carbocycles. The molecule has 0 saturated heterocycles. The lowest BCUT2D eigenvalue weighted by atomic mass is 9.99. The average Bonchev–Trinajstić information content (AvgIpc) is 2.36. The van der Waals surface area contributed by atoms with Gasteiger partial charge in [0.15, 0.2) is 0 Å². The Balaban J connectivity index is 3.27. The van der Waals surface area contributed by atoms with Gasteiger partial charge in [-0.3, -0.25) is 0 Å². The van der Waals surface area contributed by atoms with E-state index in [0.29, 0.717) is 0 Å². The van der Waals surface area contributed by atoms with Crippen molar-refractivity contribution in [1.29, 1.82) is 0 Å². The van der Waals surface area contributed by atoms with E-state index in [-0.39, 0.29) is 22.4 Å². The molecule has 0 aromatic heterocycles. The largest absolute Gasteiger partial charge is 0.466 e. The lowest BCUT2D eigenvalue weighted by Gasteiger charge is -2.11. The fraction of sp³-hybridized carbons (Fsp3) is 0.300. The van der Waals surface area contributed by atoms with Gasteiger partial charge in [-0.15, -0.1) is 0 Å². The fourth-order valence-corrected chi connectivity index (χ4v) is 1.79. The minimum absolute atomic E-state index is 0.00153. The molecule has 1 rings (SSSR count). The second-order valence-electron chi connectivity index (χ2n) is 3.13. The standard InChI is InChI=1S/C10H10O6S/c1-15-9(11)6-3-7(10(12)16-2)5-8(4-6)17(13)14/h3-4H,5H2,1-2H3. The first kappa shape index (κ1) is 13.2. The molecule has 0 fully saturated rings. The smallest absolute Gasteiger partial charge is 0.337 e. The van der Waals surface area contributed by atoms with Gasteiger partial charge in [0.05, 0.1) is 24.7 Å². The third-order valence-corrected chi connectivity index (χ3v) is 2.78. The molecule has 0 atom stereocenters. The highest BCUT2D eigenvalue weighted by Gasteiger charge is 2.21. The van der Waals surface area contributed by atoms with E-state index in [9.17, 15) is 18.0 Å². The Morgan fingerprint density at radius 3 is 2.18 bits per heavy atom. The summed E-state index contributed by atoms with van der Waals surface area (Å²) in [7, 11) is -0.159. The van der Waals surface area contributed by atoms with Crippen LogP contribution in [0.5, 0.6) is 0 Å². The topological polar surface area (TPSA) is 86.7 Å². The molecule has 0 heterocycles. The minimum Gasteiger partial charge on any atom is -0.466 e. The van der Waals surface area contributed by atoms with Gasteiger partial charge in [0, 0.05) is 12.0 Å². The van der Waals surface area contributed by atoms with E-state index in [2.05, 4.69) is 9.47 Å². The molecule has 0 amide bonds. The van der Waals surface area contributed by atoms with Crippen LogP contribution < -0.4 is 0 Å². The number of carbonyl (C=O) groups is 2. The highest BCUT2D eigenvalue weighted by molar-refractivity contribution is 7.73. The second-order valence-corrected chi connectivity index (χ2v) is 4.12. The molecule has 1 aliphatic carbocycles. The van der Waals surface area contributed by atoms with Crippen LogP contribution in [0.25, 0.3) is 0 Å². The summed E-state index contributed by atoms with van der Waals surface area (Å²) in [5.74, 6) is -1.39. The van der Waals surface area contributed by atoms with Crippen molar-refractivity contribution in [2.75, 3.05) is 14.2 Å². The molecule has 92 valence electrons. The van der Waals surface area contributed by atoms with Crippen molar-refractivity contribution in [3.05, 3.63) is 23.3 Å². The predicted molar refractivity (Wildman–Crippen MR) is 58.7 cm³/mol. The second kappa shape index (κ2) is 5.44. The Morgan fingerprint density at radius 1 is 1.12 bits per heavy atom. The highest BCUT2D eigenvalue weighted by atomic mass is 32.2. The van der Waals surface area contributed by atoms with Crippen molar-refractivity contribution >= 4 is 27.1 Å². The number of esters is 2. The van der Waals surface area contributed by atoms with E-state index >= 15 is 0 Å². The molecule has 0 aromatic rings. The lowest BCUT2D eigenvalue weighted by molar-refractivity contribution is -0.136. The summed E-state index contributed by atoms with van der Waals surface area (Å²) in [4.78, 5) is 22.5. The van der Waals surface area contributed by atoms with E-state index < -0.39 is 22.2 Å². The number of hydrogen-bond donors (Lipinski definition) is 0. The van der Waals surface area contributed by atoms with Gasteiger partial charge in [-0.05, 0) is 12.2 Å². The lowest BCUT2D eigenvalue weighted by Crippen LogP contribution is -2.17. The molecular weight excluding hydrogens is 248 g/mol. The number of methoxy groups -OCH3 is 2. The van der Waals surface area contributed by atoms with Crippen LogP contribution in [-0.4, -0.2) is 39.4 Å². The Hall–Kier alpha value is -1.89. The number of allylic oxidation sites excluding steroid dienone is 1. The summed E-state index contributed by atoms with van der Waals surface area (Å²) in [5.41, 5.74) is 0.0907. The molecule has 0 spiro atoms. The van der Waals surface area contributed by atoms with Gasteiger partial charge in [-0.2, -0.15) is 8.42 Å². The van der Waals surface area contributed by atoms with Crippen LogP contribution >= 0.6 is 0 Å². The molecular formula is C10H10O6S. The first-order valence-corrected chi connectivity index (χ1v) is 5.61. The van der Waals surface area contributed by atoms with E-state index in [1.807, 2.05) is 0 Å². The van der Waals surface area contributed by atoms with Gasteiger partial charge < -0.3 is 9.47 Å². The van der Waals surface area contributed by atoms with Crippen molar-refractivity contribution in [1.82, 2.24) is 0 Å². The average molecular weight is 258 g/mol. The van der Waals surface area contributed by atoms with Crippen molar-refractivity contribution in [3.8, 4) is 0 Å². The van der Waals surface area contributed by atoms with Gasteiger partial charge in [-0.1, -0.05) is 0 Å². The summed E-state index contributed by atoms with van der Waals surface area (Å²) in [6, 6.07) is 0. The van der Waals surface area contributed by atoms with Gasteiger partial charge in [-0.25, -0.2) is 9.59 Å². The van der Waals surface area contributed by atoms with Crippen molar-refractivity contribution in [3.63, 3.8) is 0 Å². The zero-order chi connectivity index (χ0) is 13.0. The number of hydrogen-bond acceptors (Lipinski definition) is 6. The maximum absolute atomic E-state index is 11.3. The van der Waals surface area contributed by atoms with Gasteiger partial charge in [0.2, 0.25) is 10.3 Å². The van der Waals surface area contributed by atoms with E-state index in [4.69, 9.17) is 0 Å². The Morgan fingerprint density at radius 2 is 1.71 bits per heavy atom. The van der Waals surface area contributed by atoms with Crippen molar-refractivity contribution in [2.45, 2.75) is 6.42 Å². The van der Waals surface area contributed by atoms with Crippen LogP contribution in [0.3, 0.4) is 0 Å². The van der Waals surface area contributed by atoms with Crippen LogP contribution in [0.1, 0.15) is 6.42 Å². The van der Waals surface area contributed by atoms with Crippen LogP contribution in [0.4, 0.5) is 0 Å². The molecule has 0 radical (unpaired) electrons. The van der Waals surface area contributed by atoms with E-state index in [0.717, 1.165) is 7.11 Å². The zero-order valence-electron chi connectivity index (χ0n) is 9.22. The Labute approximate surface area is 99.0 Å². The predicted octanol–water partition coefficient (Wildman–Crippen LogP) is -0.360. The summed E-state index contributed by atoms with van der Waals surface area (Å²) in [6.07, 6.45) is 2.33. The zero-order valence-corrected chi connectivity index (χ0v) is 10.0. The van der Waals surface area contributed by atoms with Gasteiger partial charge in [0.1, 0.15) is 0 Å². The Kier molecular flexibility index (Phi) is 4.22. The summed E-state index contributed by atoms with van der Waals surface area (Å²) in [6.45, 7) is 0. The third-order valence-electron chi connectivity index (χ3n) is 2.09.